The first kappa shape index (κ1) is 13.2. The Hall–Kier alpha value is -1.80. The maximum Gasteiger partial charge on any atom is 0.124 e. The minimum Gasteiger partial charge on any atom is -0.490 e. The molecule has 0 radical (unpaired) electrons. The largest absolute Gasteiger partial charge is 0.490 e. The molecule has 1 aliphatic rings. The fraction of sp³-hybridized carbons (Fsp3) is 0.333. The van der Waals surface area contributed by atoms with Gasteiger partial charge in [0.05, 0.1) is 0 Å². The molecule has 0 saturated heterocycles. The van der Waals surface area contributed by atoms with E-state index < -0.39 is 0 Å². The quantitative estimate of drug-likeness (QED) is 0.918. The molecule has 2 aromatic rings. The van der Waals surface area contributed by atoms with Crippen LogP contribution in [-0.4, -0.2) is 6.10 Å². The van der Waals surface area contributed by atoms with E-state index in [1.165, 1.54) is 11.1 Å². The molecule has 2 N–H and O–H groups in total. The van der Waals surface area contributed by atoms with E-state index in [0.29, 0.717) is 0 Å². The highest BCUT2D eigenvalue weighted by molar-refractivity contribution is 5.40. The second-order valence-electron chi connectivity index (χ2n) is 5.65. The molecule has 2 heteroatoms. The lowest BCUT2D eigenvalue weighted by molar-refractivity contribution is 0.150. The van der Waals surface area contributed by atoms with Crippen molar-refractivity contribution in [2.24, 2.45) is 5.73 Å². The predicted molar refractivity (Wildman–Crippen MR) is 81.9 cm³/mol. The van der Waals surface area contributed by atoms with Crippen molar-refractivity contribution < 1.29 is 4.74 Å². The summed E-state index contributed by atoms with van der Waals surface area (Å²) in [5.41, 5.74) is 10.1. The van der Waals surface area contributed by atoms with Gasteiger partial charge in [0.25, 0.3) is 0 Å². The molecule has 20 heavy (non-hydrogen) atoms. The number of fused-ring (bicyclic) bond motifs is 1. The highest BCUT2D eigenvalue weighted by atomic mass is 16.5. The molecule has 1 heterocycles. The third kappa shape index (κ3) is 2.86. The van der Waals surface area contributed by atoms with Gasteiger partial charge in [-0.25, -0.2) is 0 Å². The maximum atomic E-state index is 6.29. The molecule has 104 valence electrons. The number of rotatable bonds is 3. The first-order valence-corrected chi connectivity index (χ1v) is 7.29. The van der Waals surface area contributed by atoms with E-state index >= 15 is 0 Å². The number of hydrogen-bond donors (Lipinski definition) is 1. The third-order valence-corrected chi connectivity index (χ3v) is 3.97. The average molecular weight is 267 g/mol. The normalized spacial score (nSPS) is 21.1. The summed E-state index contributed by atoms with van der Waals surface area (Å²) in [6.07, 6.45) is 3.19. The molecule has 0 saturated carbocycles. The molecule has 1 unspecified atom stereocenters. The predicted octanol–water partition coefficient (Wildman–Crippen LogP) is 3.78. The number of benzene rings is 2. The highest BCUT2D eigenvalue weighted by Crippen LogP contribution is 2.35. The molecule has 3 rings (SSSR count). The van der Waals surface area contributed by atoms with Crippen LogP contribution >= 0.6 is 0 Å². The summed E-state index contributed by atoms with van der Waals surface area (Å²) in [6, 6.07) is 16.9. The molecule has 0 bridgehead atoms. The summed E-state index contributed by atoms with van der Waals surface area (Å²) in [5, 5.41) is 0. The highest BCUT2D eigenvalue weighted by Gasteiger charge is 2.25. The molecule has 1 aliphatic heterocycles. The van der Waals surface area contributed by atoms with Crippen LogP contribution in [0.25, 0.3) is 0 Å². The Morgan fingerprint density at radius 2 is 1.95 bits per heavy atom. The van der Waals surface area contributed by atoms with Gasteiger partial charge in [-0.05, 0) is 31.4 Å². The zero-order valence-electron chi connectivity index (χ0n) is 11.9. The molecular formula is C18H21NO. The standard InChI is InChI=1S/C18H21NO/c1-13-7-10-18-16(11-13)17(19)12-15(20-18)9-8-14-5-3-2-4-6-14/h2-7,10-11,15,17H,8-9,12,19H2,1H3/t15?,17-/m0/s1. The Bertz CT molecular complexity index is 579. The topological polar surface area (TPSA) is 35.2 Å². The van der Waals surface area contributed by atoms with E-state index in [4.69, 9.17) is 10.5 Å². The van der Waals surface area contributed by atoms with Gasteiger partial charge >= 0.3 is 0 Å². The molecule has 2 atom stereocenters. The van der Waals surface area contributed by atoms with Crippen molar-refractivity contribution in [3.05, 3.63) is 65.2 Å². The van der Waals surface area contributed by atoms with Crippen LogP contribution < -0.4 is 10.5 Å². The minimum atomic E-state index is 0.0967. The summed E-state index contributed by atoms with van der Waals surface area (Å²) in [5.74, 6) is 0.965. The monoisotopic (exact) mass is 267 g/mol. The van der Waals surface area contributed by atoms with Gasteiger partial charge in [-0.2, -0.15) is 0 Å². The Morgan fingerprint density at radius 1 is 1.15 bits per heavy atom. The van der Waals surface area contributed by atoms with Gasteiger partial charge in [0, 0.05) is 18.0 Å². The molecule has 0 aliphatic carbocycles. The number of nitrogens with two attached hydrogens (primary N) is 1. The second-order valence-corrected chi connectivity index (χ2v) is 5.65. The summed E-state index contributed by atoms with van der Waals surface area (Å²) in [7, 11) is 0. The van der Waals surface area contributed by atoms with Gasteiger partial charge in [0.2, 0.25) is 0 Å². The first-order chi connectivity index (χ1) is 9.72. The van der Waals surface area contributed by atoms with Crippen molar-refractivity contribution in [3.63, 3.8) is 0 Å². The van der Waals surface area contributed by atoms with E-state index in [1.54, 1.807) is 0 Å². The summed E-state index contributed by atoms with van der Waals surface area (Å²) in [6.45, 7) is 2.09. The van der Waals surface area contributed by atoms with Crippen molar-refractivity contribution in [1.82, 2.24) is 0 Å². The summed E-state index contributed by atoms with van der Waals surface area (Å²) < 4.78 is 6.10. The van der Waals surface area contributed by atoms with Gasteiger partial charge in [-0.1, -0.05) is 48.0 Å². The van der Waals surface area contributed by atoms with Crippen LogP contribution in [0.15, 0.2) is 48.5 Å². The minimum absolute atomic E-state index is 0.0967. The Kier molecular flexibility index (Phi) is 3.75. The fourth-order valence-electron chi connectivity index (χ4n) is 2.85. The van der Waals surface area contributed by atoms with Crippen molar-refractivity contribution >= 4 is 0 Å². The fourth-order valence-corrected chi connectivity index (χ4v) is 2.85. The van der Waals surface area contributed by atoms with E-state index in [9.17, 15) is 0 Å². The SMILES string of the molecule is Cc1ccc2c(c1)[C@@H](N)CC(CCc1ccccc1)O2. The van der Waals surface area contributed by atoms with Crippen LogP contribution in [0.3, 0.4) is 0 Å². The lowest BCUT2D eigenvalue weighted by atomic mass is 9.93. The number of aryl methyl sites for hydroxylation is 2. The molecule has 2 nitrogen and oxygen atoms in total. The van der Waals surface area contributed by atoms with Crippen LogP contribution in [0.5, 0.6) is 5.75 Å². The first-order valence-electron chi connectivity index (χ1n) is 7.29. The van der Waals surface area contributed by atoms with Crippen LogP contribution in [0.2, 0.25) is 0 Å². The molecule has 0 spiro atoms. The lowest BCUT2D eigenvalue weighted by Gasteiger charge is -2.30. The van der Waals surface area contributed by atoms with Gasteiger partial charge in [-0.15, -0.1) is 0 Å². The van der Waals surface area contributed by atoms with E-state index in [1.807, 2.05) is 0 Å². The van der Waals surface area contributed by atoms with Crippen LogP contribution in [0, 0.1) is 6.92 Å². The van der Waals surface area contributed by atoms with Gasteiger partial charge < -0.3 is 10.5 Å². The Labute approximate surface area is 120 Å². The zero-order valence-corrected chi connectivity index (χ0v) is 11.9. The van der Waals surface area contributed by atoms with E-state index in [2.05, 4.69) is 55.5 Å². The summed E-state index contributed by atoms with van der Waals surface area (Å²) >= 11 is 0. The third-order valence-electron chi connectivity index (χ3n) is 3.97. The number of hydrogen-bond acceptors (Lipinski definition) is 2. The van der Waals surface area contributed by atoms with Crippen molar-refractivity contribution in [2.75, 3.05) is 0 Å². The second kappa shape index (κ2) is 5.68. The number of ether oxygens (including phenoxy) is 1. The van der Waals surface area contributed by atoms with Crippen LogP contribution in [-0.2, 0) is 6.42 Å². The zero-order chi connectivity index (χ0) is 13.9. The Morgan fingerprint density at radius 3 is 2.75 bits per heavy atom. The Balaban J connectivity index is 1.67. The lowest BCUT2D eigenvalue weighted by Crippen LogP contribution is -2.30. The van der Waals surface area contributed by atoms with Gasteiger partial charge in [0.15, 0.2) is 0 Å². The van der Waals surface area contributed by atoms with Crippen LogP contribution in [0.4, 0.5) is 0 Å². The maximum absolute atomic E-state index is 6.29. The smallest absolute Gasteiger partial charge is 0.124 e. The molecule has 0 amide bonds. The van der Waals surface area contributed by atoms with E-state index in [0.717, 1.165) is 30.6 Å². The van der Waals surface area contributed by atoms with Crippen molar-refractivity contribution in [3.8, 4) is 5.75 Å². The molecule has 0 fully saturated rings. The molecular weight excluding hydrogens is 246 g/mol. The summed E-state index contributed by atoms with van der Waals surface area (Å²) in [4.78, 5) is 0. The van der Waals surface area contributed by atoms with E-state index in [-0.39, 0.29) is 12.1 Å². The van der Waals surface area contributed by atoms with Crippen molar-refractivity contribution in [1.29, 1.82) is 0 Å². The average Bonchev–Trinajstić information content (AvgIpc) is 2.47. The molecule has 0 aromatic heterocycles. The van der Waals surface area contributed by atoms with Crippen LogP contribution in [0.1, 0.15) is 35.6 Å². The molecule has 2 aromatic carbocycles. The van der Waals surface area contributed by atoms with Gasteiger partial charge in [-0.3, -0.25) is 0 Å². The van der Waals surface area contributed by atoms with Crippen molar-refractivity contribution in [2.45, 2.75) is 38.3 Å². The van der Waals surface area contributed by atoms with Gasteiger partial charge in [0.1, 0.15) is 11.9 Å².